The smallest absolute Gasteiger partial charge is 0.176 e. The van der Waals surface area contributed by atoms with Crippen molar-refractivity contribution in [2.45, 2.75) is 0 Å². The van der Waals surface area contributed by atoms with Gasteiger partial charge in [0.25, 0.3) is 0 Å². The average Bonchev–Trinajstić information content (AvgIpc) is 2.85. The third-order valence-electron chi connectivity index (χ3n) is 3.03. The fourth-order valence-electron chi connectivity index (χ4n) is 2.03. The van der Waals surface area contributed by atoms with Gasteiger partial charge < -0.3 is 10.3 Å². The molecule has 0 saturated carbocycles. The molecule has 1 heterocycles. The Morgan fingerprint density at radius 2 is 1.52 bits per heavy atom. The maximum absolute atomic E-state index is 6.06. The van der Waals surface area contributed by atoms with E-state index in [1.807, 2.05) is 18.2 Å². The molecular weight excluding hydrogens is 331 g/mol. The number of hydrogen-bond donors (Lipinski definition) is 1. The Balaban J connectivity index is 2.16. The second kappa shape index (κ2) is 5.60. The largest absolute Gasteiger partial charge is 0.380 e. The van der Waals surface area contributed by atoms with Crippen LogP contribution in [0.5, 0.6) is 0 Å². The van der Waals surface area contributed by atoms with Crippen molar-refractivity contribution in [2.75, 3.05) is 5.73 Å². The number of nitrogens with zero attached hydrogens (tertiary/aromatic N) is 1. The van der Waals surface area contributed by atoms with Gasteiger partial charge in [-0.05, 0) is 42.0 Å². The lowest BCUT2D eigenvalue weighted by molar-refractivity contribution is 0.436. The maximum atomic E-state index is 6.06. The van der Waals surface area contributed by atoms with Crippen molar-refractivity contribution in [1.29, 1.82) is 0 Å². The summed E-state index contributed by atoms with van der Waals surface area (Å²) in [6.45, 7) is 0. The molecule has 3 nitrogen and oxygen atoms in total. The Hall–Kier alpha value is -1.68. The number of nitrogen functional groups attached to an aromatic ring is 1. The molecule has 6 heteroatoms. The van der Waals surface area contributed by atoms with Crippen molar-refractivity contribution in [2.24, 2.45) is 0 Å². The predicted octanol–water partition coefficient (Wildman–Crippen LogP) is 5.55. The molecule has 0 bridgehead atoms. The summed E-state index contributed by atoms with van der Waals surface area (Å²) in [6, 6.07) is 12.5. The molecule has 0 radical (unpaired) electrons. The number of aromatic nitrogens is 1. The number of hydrogen-bond acceptors (Lipinski definition) is 3. The van der Waals surface area contributed by atoms with Gasteiger partial charge in [0.1, 0.15) is 0 Å². The van der Waals surface area contributed by atoms with Crippen molar-refractivity contribution in [1.82, 2.24) is 5.16 Å². The molecule has 0 amide bonds. The lowest BCUT2D eigenvalue weighted by Gasteiger charge is -2.04. The summed E-state index contributed by atoms with van der Waals surface area (Å²) < 4.78 is 5.35. The van der Waals surface area contributed by atoms with Crippen LogP contribution < -0.4 is 5.73 Å². The lowest BCUT2D eigenvalue weighted by Crippen LogP contribution is -1.89. The molecule has 0 fully saturated rings. The number of rotatable bonds is 2. The Morgan fingerprint density at radius 3 is 2.19 bits per heavy atom. The minimum Gasteiger partial charge on any atom is -0.380 e. The maximum Gasteiger partial charge on any atom is 0.176 e. The summed E-state index contributed by atoms with van der Waals surface area (Å²) in [7, 11) is 0. The Bertz CT molecular complexity index is 797. The summed E-state index contributed by atoms with van der Waals surface area (Å²) in [5, 5.41) is 5.40. The minimum atomic E-state index is 0.290. The fraction of sp³-hybridized carbons (Fsp3) is 0. The third-order valence-corrected chi connectivity index (χ3v) is 4.02. The highest BCUT2D eigenvalue weighted by Gasteiger charge is 2.18. The predicted molar refractivity (Wildman–Crippen MR) is 86.8 cm³/mol. The van der Waals surface area contributed by atoms with Gasteiger partial charge in [0.15, 0.2) is 11.6 Å². The number of halogens is 3. The summed E-state index contributed by atoms with van der Waals surface area (Å²) in [6.07, 6.45) is 0. The summed E-state index contributed by atoms with van der Waals surface area (Å²) in [5.74, 6) is 0.848. The SMILES string of the molecule is Nc1noc(-c2ccc(Cl)cc2)c1-c1ccc(Cl)c(Cl)c1. The van der Waals surface area contributed by atoms with Gasteiger partial charge in [-0.25, -0.2) is 0 Å². The topological polar surface area (TPSA) is 52.0 Å². The van der Waals surface area contributed by atoms with Crippen LogP contribution in [0.4, 0.5) is 5.82 Å². The van der Waals surface area contributed by atoms with E-state index in [4.69, 9.17) is 45.1 Å². The monoisotopic (exact) mass is 338 g/mol. The van der Waals surface area contributed by atoms with Crippen LogP contribution in [-0.2, 0) is 0 Å². The van der Waals surface area contributed by atoms with Gasteiger partial charge in [0, 0.05) is 10.6 Å². The molecule has 0 unspecified atom stereocenters. The normalized spacial score (nSPS) is 10.8. The van der Waals surface area contributed by atoms with Gasteiger partial charge in [-0.1, -0.05) is 46.0 Å². The molecule has 0 aliphatic heterocycles. The molecule has 1 aromatic heterocycles. The second-order valence-electron chi connectivity index (χ2n) is 4.41. The molecule has 3 rings (SSSR count). The van der Waals surface area contributed by atoms with Gasteiger partial charge in [-0.15, -0.1) is 0 Å². The summed E-state index contributed by atoms with van der Waals surface area (Å²) in [4.78, 5) is 0. The number of anilines is 1. The van der Waals surface area contributed by atoms with E-state index in [0.29, 0.717) is 32.2 Å². The van der Waals surface area contributed by atoms with E-state index in [0.717, 1.165) is 11.1 Å². The highest BCUT2D eigenvalue weighted by Crippen LogP contribution is 2.38. The van der Waals surface area contributed by atoms with E-state index in [1.165, 1.54) is 0 Å². The van der Waals surface area contributed by atoms with E-state index in [1.54, 1.807) is 24.3 Å². The first-order valence-corrected chi connectivity index (χ1v) is 7.16. The van der Waals surface area contributed by atoms with Crippen molar-refractivity contribution in [3.8, 4) is 22.5 Å². The summed E-state index contributed by atoms with van der Waals surface area (Å²) >= 11 is 17.9. The number of nitrogens with two attached hydrogens (primary N) is 1. The van der Waals surface area contributed by atoms with Gasteiger partial charge in [-0.2, -0.15) is 0 Å². The molecule has 0 saturated heterocycles. The van der Waals surface area contributed by atoms with E-state index >= 15 is 0 Å². The Morgan fingerprint density at radius 1 is 0.857 bits per heavy atom. The number of benzene rings is 2. The van der Waals surface area contributed by atoms with Crippen LogP contribution in [0.2, 0.25) is 15.1 Å². The van der Waals surface area contributed by atoms with Crippen molar-refractivity contribution in [3.05, 3.63) is 57.5 Å². The van der Waals surface area contributed by atoms with Crippen LogP contribution in [0.3, 0.4) is 0 Å². The van der Waals surface area contributed by atoms with E-state index < -0.39 is 0 Å². The van der Waals surface area contributed by atoms with Crippen molar-refractivity contribution in [3.63, 3.8) is 0 Å². The van der Waals surface area contributed by atoms with Crippen LogP contribution in [0.1, 0.15) is 0 Å². The van der Waals surface area contributed by atoms with Crippen LogP contribution in [0.15, 0.2) is 47.0 Å². The van der Waals surface area contributed by atoms with Gasteiger partial charge in [0.2, 0.25) is 0 Å². The van der Waals surface area contributed by atoms with Crippen molar-refractivity contribution < 1.29 is 4.52 Å². The lowest BCUT2D eigenvalue weighted by atomic mass is 10.0. The first-order chi connectivity index (χ1) is 10.1. The molecular formula is C15H9Cl3N2O. The van der Waals surface area contributed by atoms with Crippen LogP contribution in [0, 0.1) is 0 Å². The Kier molecular flexibility index (Phi) is 3.81. The standard InChI is InChI=1S/C15H9Cl3N2O/c16-10-4-1-8(2-5-10)14-13(15(19)20-21-14)9-3-6-11(17)12(18)7-9/h1-7H,(H2,19,20). The average molecular weight is 340 g/mol. The highest BCUT2D eigenvalue weighted by molar-refractivity contribution is 6.42. The molecule has 3 aromatic rings. The van der Waals surface area contributed by atoms with Crippen LogP contribution >= 0.6 is 34.8 Å². The van der Waals surface area contributed by atoms with Crippen molar-refractivity contribution >= 4 is 40.6 Å². The Labute approximate surface area is 136 Å². The van der Waals surface area contributed by atoms with Crippen LogP contribution in [0.25, 0.3) is 22.5 Å². The van der Waals surface area contributed by atoms with E-state index in [2.05, 4.69) is 5.16 Å². The first-order valence-electron chi connectivity index (χ1n) is 6.03. The second-order valence-corrected chi connectivity index (χ2v) is 5.66. The summed E-state index contributed by atoms with van der Waals surface area (Å²) in [5.41, 5.74) is 8.21. The zero-order chi connectivity index (χ0) is 15.0. The molecule has 2 aromatic carbocycles. The molecule has 21 heavy (non-hydrogen) atoms. The van der Waals surface area contributed by atoms with E-state index in [9.17, 15) is 0 Å². The molecule has 106 valence electrons. The van der Waals surface area contributed by atoms with Gasteiger partial charge in [0.05, 0.1) is 15.6 Å². The zero-order valence-electron chi connectivity index (χ0n) is 10.6. The van der Waals surface area contributed by atoms with Gasteiger partial charge >= 0.3 is 0 Å². The van der Waals surface area contributed by atoms with Gasteiger partial charge in [-0.3, -0.25) is 0 Å². The molecule has 0 spiro atoms. The highest BCUT2D eigenvalue weighted by atomic mass is 35.5. The molecule has 0 aliphatic rings. The first kappa shape index (κ1) is 14.3. The van der Waals surface area contributed by atoms with Crippen LogP contribution in [-0.4, -0.2) is 5.16 Å². The minimum absolute atomic E-state index is 0.290. The molecule has 0 atom stereocenters. The van der Waals surface area contributed by atoms with E-state index in [-0.39, 0.29) is 0 Å². The quantitative estimate of drug-likeness (QED) is 0.666. The molecule has 2 N–H and O–H groups in total. The third kappa shape index (κ3) is 2.72. The molecule has 0 aliphatic carbocycles. The zero-order valence-corrected chi connectivity index (χ0v) is 12.9. The fourth-order valence-corrected chi connectivity index (χ4v) is 2.46.